The van der Waals surface area contributed by atoms with Crippen molar-refractivity contribution in [2.75, 3.05) is 19.7 Å². The molecule has 1 aromatic carbocycles. The minimum atomic E-state index is -4.08. The summed E-state index contributed by atoms with van der Waals surface area (Å²) >= 11 is 0. The molecular weight excluding hydrogens is 322 g/mol. The van der Waals surface area contributed by atoms with Crippen molar-refractivity contribution in [3.05, 3.63) is 34.4 Å². The van der Waals surface area contributed by atoms with Crippen LogP contribution in [0.2, 0.25) is 0 Å². The Bertz CT molecular complexity index is 707. The van der Waals surface area contributed by atoms with Gasteiger partial charge in [0.15, 0.2) is 4.90 Å². The van der Waals surface area contributed by atoms with Gasteiger partial charge in [-0.3, -0.25) is 10.1 Å². The molecule has 1 aliphatic rings. The van der Waals surface area contributed by atoms with Gasteiger partial charge in [0, 0.05) is 32.2 Å². The molecule has 1 aromatic rings. The highest BCUT2D eigenvalue weighted by Crippen LogP contribution is 2.27. The topological polar surface area (TPSA) is 114 Å². The molecule has 0 saturated carbocycles. The third-order valence-corrected chi connectivity index (χ3v) is 5.50. The van der Waals surface area contributed by atoms with E-state index >= 15 is 0 Å². The van der Waals surface area contributed by atoms with Gasteiger partial charge in [0.25, 0.3) is 5.69 Å². The van der Waals surface area contributed by atoms with Gasteiger partial charge in [0.05, 0.1) is 17.1 Å². The maximum absolute atomic E-state index is 12.8. The van der Waals surface area contributed by atoms with Crippen LogP contribution in [0.15, 0.2) is 29.2 Å². The first-order valence-electron chi connectivity index (χ1n) is 7.19. The number of ether oxygens (including phenoxy) is 1. The maximum Gasteiger partial charge on any atom is 0.289 e. The Labute approximate surface area is 134 Å². The zero-order valence-corrected chi connectivity index (χ0v) is 13.2. The minimum Gasteiger partial charge on any atom is -0.377 e. The summed E-state index contributed by atoms with van der Waals surface area (Å²) in [7, 11) is -4.08. The quantitative estimate of drug-likeness (QED) is 0.551. The highest BCUT2D eigenvalue weighted by Gasteiger charge is 2.33. The van der Waals surface area contributed by atoms with Crippen LogP contribution < -0.4 is 0 Å². The molecule has 2 rings (SSSR count). The molecule has 1 aliphatic heterocycles. The number of hydrogen-bond donors (Lipinski definition) is 0. The predicted molar refractivity (Wildman–Crippen MR) is 81.1 cm³/mol. The number of benzene rings is 1. The van der Waals surface area contributed by atoms with E-state index in [2.05, 4.69) is 0 Å². The molecule has 0 aliphatic carbocycles. The van der Waals surface area contributed by atoms with E-state index in [1.54, 1.807) is 0 Å². The Morgan fingerprint density at radius 1 is 1.43 bits per heavy atom. The van der Waals surface area contributed by atoms with E-state index in [9.17, 15) is 18.5 Å². The van der Waals surface area contributed by atoms with Gasteiger partial charge >= 0.3 is 0 Å². The van der Waals surface area contributed by atoms with Crippen molar-refractivity contribution in [1.82, 2.24) is 4.31 Å². The van der Waals surface area contributed by atoms with Crippen molar-refractivity contribution in [1.29, 1.82) is 5.26 Å². The molecule has 124 valence electrons. The third-order valence-electron chi connectivity index (χ3n) is 3.58. The highest BCUT2D eigenvalue weighted by atomic mass is 32.2. The zero-order valence-electron chi connectivity index (χ0n) is 12.4. The van der Waals surface area contributed by atoms with E-state index in [-0.39, 0.29) is 30.5 Å². The van der Waals surface area contributed by atoms with Crippen LogP contribution in [0, 0.1) is 21.4 Å². The van der Waals surface area contributed by atoms with Gasteiger partial charge in [-0.2, -0.15) is 9.57 Å². The Morgan fingerprint density at radius 2 is 2.17 bits per heavy atom. The van der Waals surface area contributed by atoms with Gasteiger partial charge in [0.2, 0.25) is 10.0 Å². The summed E-state index contributed by atoms with van der Waals surface area (Å²) in [5.41, 5.74) is -0.471. The summed E-state index contributed by atoms with van der Waals surface area (Å²) in [6.45, 7) is 0.642. The van der Waals surface area contributed by atoms with Crippen LogP contribution in [0.25, 0.3) is 0 Å². The van der Waals surface area contributed by atoms with E-state index in [1.807, 2.05) is 6.07 Å². The molecule has 1 fully saturated rings. The molecule has 8 nitrogen and oxygen atoms in total. The molecule has 23 heavy (non-hydrogen) atoms. The second kappa shape index (κ2) is 7.50. The van der Waals surface area contributed by atoms with Crippen molar-refractivity contribution < 1.29 is 18.1 Å². The summed E-state index contributed by atoms with van der Waals surface area (Å²) in [6.07, 6.45) is 1.34. The summed E-state index contributed by atoms with van der Waals surface area (Å²) < 4.78 is 32.2. The molecule has 9 heteroatoms. The van der Waals surface area contributed by atoms with Crippen molar-refractivity contribution in [3.63, 3.8) is 0 Å². The Hall–Kier alpha value is -2.02. The Balaban J connectivity index is 2.35. The molecular formula is C14H17N3O5S. The van der Waals surface area contributed by atoms with E-state index in [1.165, 1.54) is 18.2 Å². The van der Waals surface area contributed by atoms with Gasteiger partial charge in [-0.1, -0.05) is 12.1 Å². The molecule has 0 aromatic heterocycles. The molecule has 0 spiro atoms. The van der Waals surface area contributed by atoms with Crippen molar-refractivity contribution >= 4 is 15.7 Å². The lowest BCUT2D eigenvalue weighted by Gasteiger charge is -2.23. The average Bonchev–Trinajstić information content (AvgIpc) is 3.04. The average molecular weight is 339 g/mol. The van der Waals surface area contributed by atoms with E-state index < -0.39 is 20.6 Å². The lowest BCUT2D eigenvalue weighted by molar-refractivity contribution is -0.387. The van der Waals surface area contributed by atoms with Gasteiger partial charge in [0.1, 0.15) is 0 Å². The lowest BCUT2D eigenvalue weighted by Crippen LogP contribution is -2.38. The number of hydrogen-bond acceptors (Lipinski definition) is 6. The fourth-order valence-electron chi connectivity index (χ4n) is 2.46. The molecule has 1 heterocycles. The highest BCUT2D eigenvalue weighted by molar-refractivity contribution is 7.89. The molecule has 0 radical (unpaired) electrons. The molecule has 0 bridgehead atoms. The normalized spacial score (nSPS) is 18.0. The SMILES string of the molecule is N#CCCN(CC1CCCO1)S(=O)(=O)c1ccccc1[N+](=O)[O-]. The van der Waals surface area contributed by atoms with Gasteiger partial charge in [-0.15, -0.1) is 0 Å². The molecule has 1 saturated heterocycles. The molecule has 0 N–H and O–H groups in total. The van der Waals surface area contributed by atoms with E-state index in [0.717, 1.165) is 23.2 Å². The van der Waals surface area contributed by atoms with Crippen LogP contribution in [-0.4, -0.2) is 43.4 Å². The monoisotopic (exact) mass is 339 g/mol. The fourth-order valence-corrected chi connectivity index (χ4v) is 4.09. The van der Waals surface area contributed by atoms with Crippen LogP contribution >= 0.6 is 0 Å². The Kier molecular flexibility index (Phi) is 5.65. The third kappa shape index (κ3) is 4.04. The number of nitro groups is 1. The number of para-hydroxylation sites is 1. The van der Waals surface area contributed by atoms with E-state index in [0.29, 0.717) is 6.61 Å². The van der Waals surface area contributed by atoms with Crippen LogP contribution in [0.5, 0.6) is 0 Å². The predicted octanol–water partition coefficient (Wildman–Crippen LogP) is 1.68. The number of nitro benzene ring substituents is 1. The summed E-state index contributed by atoms with van der Waals surface area (Å²) in [6, 6.07) is 7.12. The second-order valence-corrected chi connectivity index (χ2v) is 7.04. The number of nitriles is 1. The van der Waals surface area contributed by atoms with Crippen molar-refractivity contribution in [2.24, 2.45) is 0 Å². The second-order valence-electron chi connectivity index (χ2n) is 5.13. The van der Waals surface area contributed by atoms with Crippen LogP contribution in [0.4, 0.5) is 5.69 Å². The largest absolute Gasteiger partial charge is 0.377 e. The summed E-state index contributed by atoms with van der Waals surface area (Å²) in [4.78, 5) is 10.0. The van der Waals surface area contributed by atoms with Crippen LogP contribution in [-0.2, 0) is 14.8 Å². The lowest BCUT2D eigenvalue weighted by atomic mass is 10.2. The molecule has 0 amide bonds. The van der Waals surface area contributed by atoms with Crippen LogP contribution in [0.1, 0.15) is 19.3 Å². The van der Waals surface area contributed by atoms with Crippen molar-refractivity contribution in [2.45, 2.75) is 30.3 Å². The zero-order chi connectivity index (χ0) is 16.9. The number of sulfonamides is 1. The summed E-state index contributed by atoms with van der Waals surface area (Å²) in [5, 5.41) is 19.8. The first-order chi connectivity index (χ1) is 11.0. The van der Waals surface area contributed by atoms with Gasteiger partial charge < -0.3 is 4.74 Å². The summed E-state index contributed by atoms with van der Waals surface area (Å²) in [5.74, 6) is 0. The van der Waals surface area contributed by atoms with Gasteiger partial charge in [-0.25, -0.2) is 8.42 Å². The fraction of sp³-hybridized carbons (Fsp3) is 0.500. The first-order valence-corrected chi connectivity index (χ1v) is 8.63. The smallest absolute Gasteiger partial charge is 0.289 e. The Morgan fingerprint density at radius 3 is 2.78 bits per heavy atom. The van der Waals surface area contributed by atoms with Crippen LogP contribution in [0.3, 0.4) is 0 Å². The first kappa shape index (κ1) is 17.3. The van der Waals surface area contributed by atoms with Crippen molar-refractivity contribution in [3.8, 4) is 6.07 Å². The van der Waals surface area contributed by atoms with Gasteiger partial charge in [-0.05, 0) is 18.9 Å². The number of nitrogens with zero attached hydrogens (tertiary/aromatic N) is 3. The number of rotatable bonds is 7. The minimum absolute atomic E-state index is 0.00653. The molecule has 1 unspecified atom stereocenters. The molecule has 1 atom stereocenters. The standard InChI is InChI=1S/C14H17N3O5S/c15-8-4-9-16(11-12-5-3-10-22-12)23(20,21)14-7-2-1-6-13(14)17(18)19/h1-2,6-7,12H,3-5,9-11H2. The maximum atomic E-state index is 12.8. The van der Waals surface area contributed by atoms with E-state index in [4.69, 9.17) is 10.00 Å².